The number of para-hydroxylation sites is 1. The molecule has 29 heavy (non-hydrogen) atoms. The van der Waals surface area contributed by atoms with E-state index in [1.165, 1.54) is 4.90 Å². The van der Waals surface area contributed by atoms with Crippen molar-refractivity contribution in [3.63, 3.8) is 0 Å². The van der Waals surface area contributed by atoms with E-state index in [2.05, 4.69) is 0 Å². The van der Waals surface area contributed by atoms with Gasteiger partial charge in [0.25, 0.3) is 11.5 Å². The Bertz CT molecular complexity index is 965. The Balaban J connectivity index is 2.03. The van der Waals surface area contributed by atoms with E-state index in [4.69, 9.17) is 10.00 Å². The summed E-state index contributed by atoms with van der Waals surface area (Å²) in [5.41, 5.74) is -1.41. The highest BCUT2D eigenvalue weighted by atomic mass is 19.4. The fourth-order valence-corrected chi connectivity index (χ4v) is 2.40. The van der Waals surface area contributed by atoms with Crippen molar-refractivity contribution in [1.82, 2.24) is 4.57 Å². The maximum atomic E-state index is 12.7. The van der Waals surface area contributed by atoms with E-state index >= 15 is 0 Å². The van der Waals surface area contributed by atoms with Gasteiger partial charge in [-0.3, -0.25) is 14.4 Å². The van der Waals surface area contributed by atoms with Crippen molar-refractivity contribution in [3.8, 4) is 6.07 Å². The molecule has 0 bridgehead atoms. The van der Waals surface area contributed by atoms with Crippen molar-refractivity contribution in [1.29, 1.82) is 5.26 Å². The van der Waals surface area contributed by atoms with Gasteiger partial charge >= 0.3 is 12.1 Å². The van der Waals surface area contributed by atoms with Crippen LogP contribution in [0.1, 0.15) is 12.0 Å². The van der Waals surface area contributed by atoms with Crippen LogP contribution in [0.4, 0.5) is 18.9 Å². The van der Waals surface area contributed by atoms with Gasteiger partial charge in [0.1, 0.15) is 6.54 Å². The van der Waals surface area contributed by atoms with E-state index in [1.54, 1.807) is 30.3 Å². The molecule has 152 valence electrons. The van der Waals surface area contributed by atoms with E-state index in [9.17, 15) is 27.6 Å². The number of hydrogen-bond donors (Lipinski definition) is 0. The molecule has 0 spiro atoms. The lowest BCUT2D eigenvalue weighted by Gasteiger charge is -2.21. The molecule has 2 aromatic rings. The Morgan fingerprint density at radius 3 is 2.45 bits per heavy atom. The molecule has 0 fully saturated rings. The van der Waals surface area contributed by atoms with Crippen molar-refractivity contribution in [3.05, 3.63) is 64.6 Å². The third kappa shape index (κ3) is 6.21. The third-order valence-electron chi connectivity index (χ3n) is 3.78. The van der Waals surface area contributed by atoms with Gasteiger partial charge in [-0.1, -0.05) is 18.2 Å². The molecule has 0 aliphatic rings. The summed E-state index contributed by atoms with van der Waals surface area (Å²) in [5, 5.41) is 8.75. The Morgan fingerprint density at radius 2 is 1.83 bits per heavy atom. The number of nitriles is 1. The summed E-state index contributed by atoms with van der Waals surface area (Å²) in [5.74, 6) is -1.66. The maximum absolute atomic E-state index is 12.7. The smallest absolute Gasteiger partial charge is 0.417 e. The lowest BCUT2D eigenvalue weighted by Crippen LogP contribution is -2.36. The zero-order chi connectivity index (χ0) is 21.4. The number of halogens is 3. The van der Waals surface area contributed by atoms with Crippen LogP contribution in [0.15, 0.2) is 53.5 Å². The Morgan fingerprint density at radius 1 is 1.14 bits per heavy atom. The molecule has 0 unspecified atom stereocenters. The van der Waals surface area contributed by atoms with Gasteiger partial charge in [0.2, 0.25) is 0 Å². The second kappa shape index (κ2) is 9.54. The normalized spacial score (nSPS) is 10.8. The van der Waals surface area contributed by atoms with Crippen LogP contribution in [0, 0.1) is 11.3 Å². The summed E-state index contributed by atoms with van der Waals surface area (Å²) in [7, 11) is 0. The van der Waals surface area contributed by atoms with Gasteiger partial charge in [-0.25, -0.2) is 0 Å². The van der Waals surface area contributed by atoms with Crippen LogP contribution in [-0.4, -0.2) is 29.6 Å². The minimum atomic E-state index is -4.67. The lowest BCUT2D eigenvalue weighted by atomic mass is 10.2. The van der Waals surface area contributed by atoms with E-state index in [0.29, 0.717) is 28.6 Å². The molecule has 1 amide bonds. The number of aromatic nitrogens is 1. The van der Waals surface area contributed by atoms with Crippen LogP contribution in [-0.2, 0) is 27.0 Å². The number of carbonyl (C=O) groups excluding carboxylic acids is 2. The molecule has 7 nitrogen and oxygen atoms in total. The Hall–Kier alpha value is -3.61. The number of carbonyl (C=O) groups is 2. The second-order valence-corrected chi connectivity index (χ2v) is 5.83. The molecule has 0 aliphatic heterocycles. The van der Waals surface area contributed by atoms with Crippen LogP contribution in [0.25, 0.3) is 0 Å². The van der Waals surface area contributed by atoms with Crippen molar-refractivity contribution in [2.24, 2.45) is 0 Å². The highest BCUT2D eigenvalue weighted by Gasteiger charge is 2.31. The summed E-state index contributed by atoms with van der Waals surface area (Å²) in [6, 6.07) is 11.6. The fraction of sp³-hybridized carbons (Fsp3) is 0.263. The molecule has 1 aromatic heterocycles. The van der Waals surface area contributed by atoms with Gasteiger partial charge in [0, 0.05) is 24.5 Å². The number of rotatable bonds is 7. The highest BCUT2D eigenvalue weighted by Crippen LogP contribution is 2.28. The molecular weight excluding hydrogens is 391 g/mol. The number of benzene rings is 1. The standard InChI is InChI=1S/C19H16F3N3O4/c20-19(21,22)14-7-8-16(26)24(11-14)12-18(28)29-13-17(27)25(10-4-9-23)15-5-2-1-3-6-15/h1-3,5-8,11H,4,10,12-13H2. The number of amides is 1. The number of alkyl halides is 3. The number of anilines is 1. The third-order valence-corrected chi connectivity index (χ3v) is 3.78. The summed E-state index contributed by atoms with van der Waals surface area (Å²) in [4.78, 5) is 37.2. The molecule has 1 heterocycles. The number of ether oxygens (including phenoxy) is 1. The van der Waals surface area contributed by atoms with E-state index in [-0.39, 0.29) is 13.0 Å². The Labute approximate surface area is 163 Å². The van der Waals surface area contributed by atoms with Crippen LogP contribution in [0.2, 0.25) is 0 Å². The first-order valence-corrected chi connectivity index (χ1v) is 8.38. The first-order chi connectivity index (χ1) is 13.7. The van der Waals surface area contributed by atoms with Gasteiger partial charge in [-0.05, 0) is 18.2 Å². The van der Waals surface area contributed by atoms with Crippen LogP contribution < -0.4 is 10.5 Å². The first-order valence-electron chi connectivity index (χ1n) is 8.38. The predicted octanol–water partition coefficient (Wildman–Crippen LogP) is 2.36. The molecule has 0 atom stereocenters. The first kappa shape index (κ1) is 21.7. The average molecular weight is 407 g/mol. The number of nitrogens with zero attached hydrogens (tertiary/aromatic N) is 3. The van der Waals surface area contributed by atoms with Crippen LogP contribution in [0.3, 0.4) is 0 Å². The van der Waals surface area contributed by atoms with E-state index in [1.807, 2.05) is 6.07 Å². The van der Waals surface area contributed by atoms with Crippen molar-refractivity contribution in [2.75, 3.05) is 18.1 Å². The Kier molecular flexibility index (Phi) is 7.14. The molecule has 2 rings (SSSR count). The van der Waals surface area contributed by atoms with E-state index in [0.717, 1.165) is 0 Å². The van der Waals surface area contributed by atoms with Crippen molar-refractivity contribution in [2.45, 2.75) is 19.1 Å². The molecule has 0 N–H and O–H groups in total. The largest absolute Gasteiger partial charge is 0.454 e. The minimum absolute atomic E-state index is 0.0498. The second-order valence-electron chi connectivity index (χ2n) is 5.83. The molecule has 0 aliphatic carbocycles. The topological polar surface area (TPSA) is 92.4 Å². The number of pyridine rings is 1. The molecule has 1 aromatic carbocycles. The lowest BCUT2D eigenvalue weighted by molar-refractivity contribution is -0.148. The SMILES string of the molecule is N#CCCN(C(=O)COC(=O)Cn1cc(C(F)(F)F)ccc1=O)c1ccccc1. The van der Waals surface area contributed by atoms with Gasteiger partial charge < -0.3 is 14.2 Å². The summed E-state index contributed by atoms with van der Waals surface area (Å²) in [6.45, 7) is -1.39. The fourth-order valence-electron chi connectivity index (χ4n) is 2.40. The molecule has 10 heteroatoms. The predicted molar refractivity (Wildman–Crippen MR) is 95.7 cm³/mol. The molecule has 0 radical (unpaired) electrons. The van der Waals surface area contributed by atoms with Crippen molar-refractivity contribution >= 4 is 17.6 Å². The van der Waals surface area contributed by atoms with Gasteiger partial charge in [-0.2, -0.15) is 18.4 Å². The highest BCUT2D eigenvalue weighted by molar-refractivity contribution is 5.95. The van der Waals surface area contributed by atoms with E-state index < -0.39 is 42.3 Å². The van der Waals surface area contributed by atoms with Crippen molar-refractivity contribution < 1.29 is 27.5 Å². The summed E-state index contributed by atoms with van der Waals surface area (Å²) >= 11 is 0. The zero-order valence-electron chi connectivity index (χ0n) is 15.1. The monoisotopic (exact) mass is 407 g/mol. The van der Waals surface area contributed by atoms with Crippen LogP contribution >= 0.6 is 0 Å². The molecular formula is C19H16F3N3O4. The molecule has 0 saturated heterocycles. The number of hydrogen-bond acceptors (Lipinski definition) is 5. The van der Waals surface area contributed by atoms with Gasteiger partial charge in [0.05, 0.1) is 18.1 Å². The summed E-state index contributed by atoms with van der Waals surface area (Å²) < 4.78 is 43.6. The summed E-state index contributed by atoms with van der Waals surface area (Å²) in [6.07, 6.45) is -4.12. The molecule has 0 saturated carbocycles. The zero-order valence-corrected chi connectivity index (χ0v) is 15.1. The quantitative estimate of drug-likeness (QED) is 0.657. The van der Waals surface area contributed by atoms with Gasteiger partial charge in [0.15, 0.2) is 6.61 Å². The van der Waals surface area contributed by atoms with Crippen LogP contribution in [0.5, 0.6) is 0 Å². The van der Waals surface area contributed by atoms with Gasteiger partial charge in [-0.15, -0.1) is 0 Å². The average Bonchev–Trinajstić information content (AvgIpc) is 2.68. The minimum Gasteiger partial charge on any atom is -0.454 e. The number of esters is 1. The maximum Gasteiger partial charge on any atom is 0.417 e.